The van der Waals surface area contributed by atoms with E-state index < -0.39 is 6.10 Å². The number of carbonyl (C=O) groups is 3. The summed E-state index contributed by atoms with van der Waals surface area (Å²) in [7, 11) is 0. The van der Waals surface area contributed by atoms with Crippen molar-refractivity contribution in [2.45, 2.75) is 290 Å². The Morgan fingerprint density at radius 2 is 0.545 bits per heavy atom. The molecule has 0 aromatic heterocycles. The average Bonchev–Trinajstić information content (AvgIpc) is 3.31. The van der Waals surface area contributed by atoms with Gasteiger partial charge in [0, 0.05) is 19.3 Å². The van der Waals surface area contributed by atoms with Crippen molar-refractivity contribution in [1.29, 1.82) is 0 Å². The van der Waals surface area contributed by atoms with Gasteiger partial charge in [-0.1, -0.05) is 236 Å². The van der Waals surface area contributed by atoms with Crippen LogP contribution >= 0.6 is 0 Å². The van der Waals surface area contributed by atoms with Crippen molar-refractivity contribution in [3.63, 3.8) is 0 Å². The number of esters is 3. The summed E-state index contributed by atoms with van der Waals surface area (Å²) in [6.07, 6.45) is 67.8. The third-order valence-electron chi connectivity index (χ3n) is 12.2. The smallest absolute Gasteiger partial charge is 0.306 e. The zero-order valence-corrected chi connectivity index (χ0v) is 43.7. The molecule has 0 aliphatic carbocycles. The summed E-state index contributed by atoms with van der Waals surface area (Å²) < 4.78 is 16.8. The summed E-state index contributed by atoms with van der Waals surface area (Å²) in [5.41, 5.74) is 0. The van der Waals surface area contributed by atoms with E-state index in [4.69, 9.17) is 14.2 Å². The van der Waals surface area contributed by atoms with E-state index in [0.717, 1.165) is 83.5 Å². The van der Waals surface area contributed by atoms with E-state index in [1.54, 1.807) is 0 Å². The van der Waals surface area contributed by atoms with Gasteiger partial charge in [-0.05, 0) is 89.9 Å². The van der Waals surface area contributed by atoms with Crippen LogP contribution in [0.1, 0.15) is 284 Å². The fourth-order valence-electron chi connectivity index (χ4n) is 7.95. The second kappa shape index (κ2) is 54.7. The van der Waals surface area contributed by atoms with Crippen molar-refractivity contribution in [2.24, 2.45) is 0 Å². The Kier molecular flexibility index (Phi) is 52.3. The van der Waals surface area contributed by atoms with Crippen molar-refractivity contribution in [3.05, 3.63) is 60.8 Å². The van der Waals surface area contributed by atoms with Gasteiger partial charge in [0.2, 0.25) is 0 Å². The molecule has 0 aromatic carbocycles. The van der Waals surface area contributed by atoms with Crippen LogP contribution in [-0.4, -0.2) is 37.2 Å². The van der Waals surface area contributed by atoms with Gasteiger partial charge >= 0.3 is 17.9 Å². The minimum Gasteiger partial charge on any atom is -0.462 e. The first-order chi connectivity index (χ1) is 32.5. The van der Waals surface area contributed by atoms with Gasteiger partial charge in [0.1, 0.15) is 13.2 Å². The third kappa shape index (κ3) is 52.1. The molecule has 6 heteroatoms. The molecule has 0 saturated heterocycles. The largest absolute Gasteiger partial charge is 0.462 e. The maximum Gasteiger partial charge on any atom is 0.306 e. The first kappa shape index (κ1) is 63.1. The highest BCUT2D eigenvalue weighted by Gasteiger charge is 2.19. The molecule has 0 N–H and O–H groups in total. The molecule has 0 saturated carbocycles. The number of rotatable bonds is 51. The second-order valence-corrected chi connectivity index (χ2v) is 18.8. The van der Waals surface area contributed by atoms with Crippen molar-refractivity contribution < 1.29 is 28.6 Å². The number of unbranched alkanes of at least 4 members (excludes halogenated alkanes) is 30. The zero-order valence-electron chi connectivity index (χ0n) is 43.7. The van der Waals surface area contributed by atoms with E-state index in [1.165, 1.54) is 161 Å². The SMILES string of the molecule is CCCCC/C=C\C/C=C\C/C=C\CCCCCCCCC(=O)OCC(COC(=O)CCCCCCCCCCCC)OC(=O)CCCCCCCCCCC/C=C\C/C=C\CCCCC. The monoisotopic (exact) mass is 923 g/mol. The summed E-state index contributed by atoms with van der Waals surface area (Å²) in [6.45, 7) is 6.58. The van der Waals surface area contributed by atoms with Gasteiger partial charge in [0.15, 0.2) is 6.10 Å². The summed E-state index contributed by atoms with van der Waals surface area (Å²) in [5, 5.41) is 0. The summed E-state index contributed by atoms with van der Waals surface area (Å²) >= 11 is 0. The number of carbonyl (C=O) groups excluding carboxylic acids is 3. The van der Waals surface area contributed by atoms with Crippen LogP contribution in [0.5, 0.6) is 0 Å². The Bertz CT molecular complexity index is 1200. The summed E-state index contributed by atoms with van der Waals surface area (Å²) in [4.78, 5) is 38.1. The highest BCUT2D eigenvalue weighted by molar-refractivity contribution is 5.71. The minimum atomic E-state index is -0.780. The normalized spacial score (nSPS) is 12.5. The molecule has 0 rings (SSSR count). The Morgan fingerprint density at radius 3 is 0.879 bits per heavy atom. The van der Waals surface area contributed by atoms with E-state index in [2.05, 4.69) is 81.5 Å². The molecule has 6 nitrogen and oxygen atoms in total. The van der Waals surface area contributed by atoms with E-state index in [1.807, 2.05) is 0 Å². The average molecular weight is 924 g/mol. The van der Waals surface area contributed by atoms with Crippen LogP contribution in [0.15, 0.2) is 60.8 Å². The van der Waals surface area contributed by atoms with Crippen molar-refractivity contribution >= 4 is 17.9 Å². The second-order valence-electron chi connectivity index (χ2n) is 18.8. The van der Waals surface area contributed by atoms with Crippen molar-refractivity contribution in [2.75, 3.05) is 13.2 Å². The maximum atomic E-state index is 12.8. The lowest BCUT2D eigenvalue weighted by atomic mass is 10.1. The van der Waals surface area contributed by atoms with Crippen LogP contribution < -0.4 is 0 Å². The van der Waals surface area contributed by atoms with Crippen molar-refractivity contribution in [3.8, 4) is 0 Å². The van der Waals surface area contributed by atoms with Gasteiger partial charge in [-0.25, -0.2) is 0 Å². The Morgan fingerprint density at radius 1 is 0.303 bits per heavy atom. The van der Waals surface area contributed by atoms with Gasteiger partial charge in [0.05, 0.1) is 0 Å². The molecule has 66 heavy (non-hydrogen) atoms. The number of allylic oxidation sites excluding steroid dienone is 10. The first-order valence-corrected chi connectivity index (χ1v) is 28.3. The summed E-state index contributed by atoms with van der Waals surface area (Å²) in [5.74, 6) is -0.888. The van der Waals surface area contributed by atoms with E-state index in [-0.39, 0.29) is 31.1 Å². The Hall–Kier alpha value is -2.89. The lowest BCUT2D eigenvalue weighted by Crippen LogP contribution is -2.30. The van der Waals surface area contributed by atoms with E-state index >= 15 is 0 Å². The molecule has 0 amide bonds. The molecule has 0 fully saturated rings. The Balaban J connectivity index is 4.34. The molecule has 382 valence electrons. The lowest BCUT2D eigenvalue weighted by molar-refractivity contribution is -0.167. The highest BCUT2D eigenvalue weighted by Crippen LogP contribution is 2.15. The predicted molar refractivity (Wildman–Crippen MR) is 284 cm³/mol. The lowest BCUT2D eigenvalue weighted by Gasteiger charge is -2.18. The van der Waals surface area contributed by atoms with E-state index in [0.29, 0.717) is 19.3 Å². The fourth-order valence-corrected chi connectivity index (χ4v) is 7.95. The molecule has 0 aliphatic rings. The fraction of sp³-hybridized carbons (Fsp3) is 0.783. The molecule has 0 heterocycles. The number of hydrogen-bond acceptors (Lipinski definition) is 6. The van der Waals surface area contributed by atoms with Crippen LogP contribution in [0.3, 0.4) is 0 Å². The molecule has 0 radical (unpaired) electrons. The van der Waals surface area contributed by atoms with Crippen LogP contribution in [0.4, 0.5) is 0 Å². The van der Waals surface area contributed by atoms with Crippen LogP contribution in [0, 0.1) is 0 Å². The van der Waals surface area contributed by atoms with Crippen LogP contribution in [0.25, 0.3) is 0 Å². The number of ether oxygens (including phenoxy) is 3. The van der Waals surface area contributed by atoms with Gasteiger partial charge in [-0.15, -0.1) is 0 Å². The highest BCUT2D eigenvalue weighted by atomic mass is 16.6. The first-order valence-electron chi connectivity index (χ1n) is 28.3. The van der Waals surface area contributed by atoms with Crippen LogP contribution in [-0.2, 0) is 28.6 Å². The van der Waals surface area contributed by atoms with Crippen LogP contribution in [0.2, 0.25) is 0 Å². The molecule has 0 aromatic rings. The molecule has 1 unspecified atom stereocenters. The molecule has 0 bridgehead atoms. The third-order valence-corrected chi connectivity index (χ3v) is 12.2. The van der Waals surface area contributed by atoms with Gasteiger partial charge in [-0.2, -0.15) is 0 Å². The van der Waals surface area contributed by atoms with Gasteiger partial charge in [0.25, 0.3) is 0 Å². The molecule has 1 atom stereocenters. The van der Waals surface area contributed by atoms with E-state index in [9.17, 15) is 14.4 Å². The minimum absolute atomic E-state index is 0.0782. The quantitative estimate of drug-likeness (QED) is 0.0262. The predicted octanol–water partition coefficient (Wildman–Crippen LogP) is 18.8. The van der Waals surface area contributed by atoms with Gasteiger partial charge in [-0.3, -0.25) is 14.4 Å². The van der Waals surface area contributed by atoms with Crippen molar-refractivity contribution in [1.82, 2.24) is 0 Å². The number of hydrogen-bond donors (Lipinski definition) is 0. The summed E-state index contributed by atoms with van der Waals surface area (Å²) in [6, 6.07) is 0. The Labute approximate surface area is 409 Å². The molecule has 0 aliphatic heterocycles. The zero-order chi connectivity index (χ0) is 47.9. The topological polar surface area (TPSA) is 78.9 Å². The molecular weight excluding hydrogens is 817 g/mol. The molecular formula is C60H106O6. The van der Waals surface area contributed by atoms with Gasteiger partial charge < -0.3 is 14.2 Å². The standard InChI is InChI=1S/C60H106O6/c1-4-7-10-13-16-19-22-24-26-28-30-32-34-36-38-41-44-47-50-53-59(62)65-56-57(55-64-58(61)52-49-46-43-40-21-18-15-12-9-6-3)66-60(63)54-51-48-45-42-39-37-35-33-31-29-27-25-23-20-17-14-11-8-5-2/h16-17,19-20,24-27,30,32,57H,4-15,18,21-23,28-29,31,33-56H2,1-3H3/b19-16-,20-17-,26-24-,27-25-,32-30-. The molecule has 0 spiro atoms. The maximum absolute atomic E-state index is 12.8.